The summed E-state index contributed by atoms with van der Waals surface area (Å²) in [5.74, 6) is 0.474. The number of nitrogens with zero attached hydrogens (tertiary/aromatic N) is 5. The van der Waals surface area contributed by atoms with E-state index in [1.54, 1.807) is 61.3 Å². The quantitative estimate of drug-likeness (QED) is 0.318. The number of amidine groups is 1. The van der Waals surface area contributed by atoms with Gasteiger partial charge in [-0.1, -0.05) is 23.9 Å². The van der Waals surface area contributed by atoms with Gasteiger partial charge in [-0.2, -0.15) is 5.10 Å². The van der Waals surface area contributed by atoms with Crippen molar-refractivity contribution >= 4 is 34.7 Å². The summed E-state index contributed by atoms with van der Waals surface area (Å²) in [5, 5.41) is 19.4. The van der Waals surface area contributed by atoms with E-state index in [2.05, 4.69) is 15.2 Å². The first-order valence-corrected chi connectivity index (χ1v) is 10.2. The molecule has 1 atom stereocenters. The normalized spacial score (nSPS) is 17.7. The zero-order valence-corrected chi connectivity index (χ0v) is 17.0. The van der Waals surface area contributed by atoms with Crippen molar-refractivity contribution < 1.29 is 14.1 Å². The molecule has 2 aromatic heterocycles. The molecule has 1 unspecified atom stereocenters. The Balaban J connectivity index is 1.56. The number of non-ortho nitro benzene ring substituents is 1. The Bertz CT molecular complexity index is 1130. The number of nitro groups is 1. The lowest BCUT2D eigenvalue weighted by molar-refractivity contribution is -0.384. The smallest absolute Gasteiger partial charge is 0.269 e. The molecule has 0 saturated carbocycles. The number of aromatic nitrogens is 1. The molecule has 3 aromatic rings. The Kier molecular flexibility index (Phi) is 6.18. The van der Waals surface area contributed by atoms with Crippen molar-refractivity contribution in [2.75, 3.05) is 0 Å². The minimum Gasteiger partial charge on any atom is -0.467 e. The number of carbonyl (C=O) groups excluding carboxylic acids is 1. The zero-order valence-electron chi connectivity index (χ0n) is 16.2. The predicted octanol–water partition coefficient (Wildman–Crippen LogP) is 3.66. The highest BCUT2D eigenvalue weighted by molar-refractivity contribution is 8.15. The van der Waals surface area contributed by atoms with E-state index in [-0.39, 0.29) is 18.1 Å². The summed E-state index contributed by atoms with van der Waals surface area (Å²) < 4.78 is 5.38. The average Bonchev–Trinajstić information content (AvgIpc) is 3.39. The van der Waals surface area contributed by atoms with Gasteiger partial charge in [0.15, 0.2) is 5.17 Å². The van der Waals surface area contributed by atoms with Crippen molar-refractivity contribution in [3.05, 3.63) is 94.2 Å². The largest absolute Gasteiger partial charge is 0.467 e. The Morgan fingerprint density at radius 2 is 2.06 bits per heavy atom. The number of hydrogen-bond acceptors (Lipinski definition) is 8. The van der Waals surface area contributed by atoms with Gasteiger partial charge in [0.25, 0.3) is 5.69 Å². The molecule has 1 amide bonds. The fourth-order valence-corrected chi connectivity index (χ4v) is 4.16. The van der Waals surface area contributed by atoms with Crippen molar-refractivity contribution in [3.8, 4) is 0 Å². The number of amides is 1. The molecule has 1 aromatic carbocycles. The molecule has 0 radical (unpaired) electrons. The average molecular weight is 435 g/mol. The summed E-state index contributed by atoms with van der Waals surface area (Å²) in [6.07, 6.45) is 6.77. The minimum atomic E-state index is -0.466. The molecule has 1 saturated heterocycles. The van der Waals surface area contributed by atoms with Crippen LogP contribution in [0.1, 0.15) is 16.9 Å². The summed E-state index contributed by atoms with van der Waals surface area (Å²) in [4.78, 5) is 29.2. The molecule has 1 fully saturated rings. The van der Waals surface area contributed by atoms with Gasteiger partial charge in [0, 0.05) is 24.5 Å². The highest BCUT2D eigenvalue weighted by Crippen LogP contribution is 2.32. The number of pyridine rings is 1. The SMILES string of the molecule is O=C1C(Cc2cccc([N+](=O)[O-])c2)SC(=NN=Cc2ccncc2)N1Cc1ccco1. The summed E-state index contributed by atoms with van der Waals surface area (Å²) in [6, 6.07) is 13.4. The number of furan rings is 1. The first-order chi connectivity index (χ1) is 15.1. The van der Waals surface area contributed by atoms with Gasteiger partial charge in [-0.15, -0.1) is 5.10 Å². The van der Waals surface area contributed by atoms with Gasteiger partial charge in [-0.3, -0.25) is 24.8 Å². The van der Waals surface area contributed by atoms with E-state index >= 15 is 0 Å². The van der Waals surface area contributed by atoms with Crippen molar-refractivity contribution in [1.82, 2.24) is 9.88 Å². The molecule has 0 N–H and O–H groups in total. The van der Waals surface area contributed by atoms with E-state index in [1.165, 1.54) is 28.8 Å². The molecular formula is C21H17N5O4S. The van der Waals surface area contributed by atoms with Crippen molar-refractivity contribution in [2.45, 2.75) is 18.2 Å². The van der Waals surface area contributed by atoms with Crippen LogP contribution in [0.3, 0.4) is 0 Å². The molecule has 4 rings (SSSR count). The molecule has 9 nitrogen and oxygen atoms in total. The maximum absolute atomic E-state index is 13.1. The number of carbonyl (C=O) groups is 1. The Hall–Kier alpha value is -3.79. The molecular weight excluding hydrogens is 418 g/mol. The van der Waals surface area contributed by atoms with Gasteiger partial charge >= 0.3 is 0 Å². The molecule has 1 aliphatic rings. The predicted molar refractivity (Wildman–Crippen MR) is 117 cm³/mol. The molecule has 31 heavy (non-hydrogen) atoms. The second-order valence-electron chi connectivity index (χ2n) is 6.65. The first-order valence-electron chi connectivity index (χ1n) is 9.35. The van der Waals surface area contributed by atoms with Gasteiger partial charge in [0.2, 0.25) is 5.91 Å². The fourth-order valence-electron chi connectivity index (χ4n) is 3.03. The second kappa shape index (κ2) is 9.35. The van der Waals surface area contributed by atoms with Crippen molar-refractivity contribution in [1.29, 1.82) is 0 Å². The minimum absolute atomic E-state index is 0.00349. The Labute approximate surface area is 181 Å². The monoisotopic (exact) mass is 435 g/mol. The summed E-state index contributed by atoms with van der Waals surface area (Å²) in [5.41, 5.74) is 1.54. The topological polar surface area (TPSA) is 114 Å². The maximum Gasteiger partial charge on any atom is 0.269 e. The second-order valence-corrected chi connectivity index (χ2v) is 7.82. The third kappa shape index (κ3) is 5.04. The van der Waals surface area contributed by atoms with Gasteiger partial charge in [-0.25, -0.2) is 0 Å². The van der Waals surface area contributed by atoms with E-state index in [4.69, 9.17) is 4.42 Å². The van der Waals surface area contributed by atoms with E-state index in [1.807, 2.05) is 0 Å². The van der Waals surface area contributed by atoms with Crippen LogP contribution in [0.15, 0.2) is 81.8 Å². The molecule has 0 aliphatic carbocycles. The summed E-state index contributed by atoms with van der Waals surface area (Å²) >= 11 is 1.28. The molecule has 156 valence electrons. The van der Waals surface area contributed by atoms with E-state index in [9.17, 15) is 14.9 Å². The van der Waals surface area contributed by atoms with Gasteiger partial charge in [-0.05, 0) is 41.8 Å². The van der Waals surface area contributed by atoms with Crippen LogP contribution in [0.25, 0.3) is 0 Å². The lowest BCUT2D eigenvalue weighted by Crippen LogP contribution is -2.32. The lowest BCUT2D eigenvalue weighted by Gasteiger charge is -2.14. The molecule has 0 spiro atoms. The highest BCUT2D eigenvalue weighted by atomic mass is 32.2. The van der Waals surface area contributed by atoms with Gasteiger partial charge < -0.3 is 4.42 Å². The van der Waals surface area contributed by atoms with Gasteiger partial charge in [0.1, 0.15) is 5.76 Å². The highest BCUT2D eigenvalue weighted by Gasteiger charge is 2.38. The van der Waals surface area contributed by atoms with Crippen LogP contribution in [-0.2, 0) is 17.8 Å². The van der Waals surface area contributed by atoms with Crippen LogP contribution in [0.5, 0.6) is 0 Å². The van der Waals surface area contributed by atoms with Crippen LogP contribution in [0.4, 0.5) is 5.69 Å². The van der Waals surface area contributed by atoms with Crippen LogP contribution >= 0.6 is 11.8 Å². The van der Waals surface area contributed by atoms with Crippen molar-refractivity contribution in [2.24, 2.45) is 10.2 Å². The molecule has 10 heteroatoms. The maximum atomic E-state index is 13.1. The zero-order chi connectivity index (χ0) is 21.6. The van der Waals surface area contributed by atoms with Crippen LogP contribution in [-0.4, -0.2) is 37.3 Å². The van der Waals surface area contributed by atoms with E-state index < -0.39 is 10.2 Å². The third-order valence-corrected chi connectivity index (χ3v) is 5.68. The van der Waals surface area contributed by atoms with E-state index in [0.29, 0.717) is 22.9 Å². The Morgan fingerprint density at radius 3 is 2.81 bits per heavy atom. The third-order valence-electron chi connectivity index (χ3n) is 4.51. The lowest BCUT2D eigenvalue weighted by atomic mass is 10.1. The number of hydrogen-bond donors (Lipinski definition) is 0. The van der Waals surface area contributed by atoms with Crippen LogP contribution in [0.2, 0.25) is 0 Å². The van der Waals surface area contributed by atoms with E-state index in [0.717, 1.165) is 5.56 Å². The molecule has 3 heterocycles. The number of rotatable bonds is 7. The van der Waals surface area contributed by atoms with Crippen LogP contribution in [0, 0.1) is 10.1 Å². The summed E-state index contributed by atoms with van der Waals surface area (Å²) in [6.45, 7) is 0.230. The number of nitro benzene ring substituents is 1. The van der Waals surface area contributed by atoms with Crippen LogP contribution < -0.4 is 0 Å². The van der Waals surface area contributed by atoms with Gasteiger partial charge in [0.05, 0.1) is 29.2 Å². The molecule has 0 bridgehead atoms. The molecule has 1 aliphatic heterocycles. The number of benzene rings is 1. The summed E-state index contributed by atoms with van der Waals surface area (Å²) in [7, 11) is 0. The standard InChI is InChI=1S/C21H17N5O4S/c27-20-19(12-16-3-1-4-17(11-16)26(28)29)31-21(25(20)14-18-5-2-10-30-18)24-23-13-15-6-8-22-9-7-15/h1-11,13,19H,12,14H2. The van der Waals surface area contributed by atoms with Crippen molar-refractivity contribution in [3.63, 3.8) is 0 Å². The first kappa shape index (κ1) is 20.5. The number of thioether (sulfide) groups is 1. The Morgan fingerprint density at radius 1 is 1.23 bits per heavy atom. The fraction of sp³-hybridized carbons (Fsp3) is 0.143.